The van der Waals surface area contributed by atoms with Gasteiger partial charge < -0.3 is 5.32 Å². The zero-order valence-corrected chi connectivity index (χ0v) is 12.6. The fraction of sp³-hybridized carbons (Fsp3) is 0.0556. The minimum atomic E-state index is -0.278. The van der Waals surface area contributed by atoms with Crippen LogP contribution >= 0.6 is 11.3 Å². The van der Waals surface area contributed by atoms with Crippen molar-refractivity contribution in [3.8, 4) is 11.1 Å². The molecule has 0 fully saturated rings. The van der Waals surface area contributed by atoms with Crippen molar-refractivity contribution in [3.63, 3.8) is 0 Å². The Kier molecular flexibility index (Phi) is 4.30. The highest BCUT2D eigenvalue weighted by atomic mass is 32.1. The number of hydrogen-bond acceptors (Lipinski definition) is 2. The van der Waals surface area contributed by atoms with Crippen LogP contribution in [0.5, 0.6) is 0 Å². The van der Waals surface area contributed by atoms with Crippen molar-refractivity contribution in [1.29, 1.82) is 0 Å². The fourth-order valence-corrected chi connectivity index (χ4v) is 3.03. The third kappa shape index (κ3) is 3.23. The van der Waals surface area contributed by atoms with E-state index in [1.54, 1.807) is 12.1 Å². The van der Waals surface area contributed by atoms with E-state index in [2.05, 4.69) is 5.32 Å². The van der Waals surface area contributed by atoms with Gasteiger partial charge in [-0.1, -0.05) is 42.5 Å². The highest BCUT2D eigenvalue weighted by Gasteiger charge is 2.14. The van der Waals surface area contributed by atoms with Crippen LogP contribution in [0.3, 0.4) is 0 Å². The van der Waals surface area contributed by atoms with Crippen LogP contribution in [0, 0.1) is 5.82 Å². The Balaban J connectivity index is 1.73. The van der Waals surface area contributed by atoms with Crippen LogP contribution in [0.25, 0.3) is 11.1 Å². The first-order chi connectivity index (χ1) is 10.7. The number of thiophene rings is 1. The lowest BCUT2D eigenvalue weighted by Crippen LogP contribution is -2.22. The zero-order chi connectivity index (χ0) is 15.4. The van der Waals surface area contributed by atoms with Crippen LogP contribution in [-0.2, 0) is 6.54 Å². The summed E-state index contributed by atoms with van der Waals surface area (Å²) in [6.07, 6.45) is 0. The van der Waals surface area contributed by atoms with Crippen LogP contribution in [-0.4, -0.2) is 5.91 Å². The summed E-state index contributed by atoms with van der Waals surface area (Å²) in [7, 11) is 0. The quantitative estimate of drug-likeness (QED) is 0.756. The molecule has 0 radical (unpaired) electrons. The highest BCUT2D eigenvalue weighted by Crippen LogP contribution is 2.28. The molecule has 1 amide bonds. The van der Waals surface area contributed by atoms with E-state index < -0.39 is 0 Å². The molecule has 1 heterocycles. The lowest BCUT2D eigenvalue weighted by atomic mass is 10.1. The Morgan fingerprint density at radius 2 is 1.73 bits per heavy atom. The van der Waals surface area contributed by atoms with Gasteiger partial charge in [-0.05, 0) is 34.7 Å². The van der Waals surface area contributed by atoms with Gasteiger partial charge in [-0.25, -0.2) is 4.39 Å². The first-order valence-electron chi connectivity index (χ1n) is 6.89. The first-order valence-corrected chi connectivity index (χ1v) is 7.77. The molecule has 0 spiro atoms. The van der Waals surface area contributed by atoms with E-state index in [9.17, 15) is 9.18 Å². The minimum absolute atomic E-state index is 0.113. The molecule has 0 bridgehead atoms. The van der Waals surface area contributed by atoms with Crippen LogP contribution in [0.4, 0.5) is 4.39 Å². The van der Waals surface area contributed by atoms with Crippen molar-refractivity contribution in [2.45, 2.75) is 6.54 Å². The Hall–Kier alpha value is -2.46. The summed E-state index contributed by atoms with van der Waals surface area (Å²) in [6.45, 7) is 0.380. The number of halogens is 1. The molecule has 0 unspecified atom stereocenters. The molecule has 0 aliphatic heterocycles. The molecule has 1 aromatic heterocycles. The topological polar surface area (TPSA) is 29.1 Å². The Labute approximate surface area is 132 Å². The van der Waals surface area contributed by atoms with Gasteiger partial charge in [-0.2, -0.15) is 0 Å². The van der Waals surface area contributed by atoms with Crippen molar-refractivity contribution in [2.75, 3.05) is 0 Å². The predicted molar refractivity (Wildman–Crippen MR) is 87.3 cm³/mol. The molecule has 0 saturated heterocycles. The first kappa shape index (κ1) is 14.5. The van der Waals surface area contributed by atoms with Gasteiger partial charge >= 0.3 is 0 Å². The Morgan fingerprint density at radius 1 is 1.00 bits per heavy atom. The molecule has 0 saturated carbocycles. The van der Waals surface area contributed by atoms with Crippen LogP contribution in [0.1, 0.15) is 15.2 Å². The molecule has 4 heteroatoms. The summed E-state index contributed by atoms with van der Waals surface area (Å²) >= 11 is 1.42. The number of benzene rings is 2. The van der Waals surface area contributed by atoms with Crippen molar-refractivity contribution in [2.24, 2.45) is 0 Å². The average molecular weight is 311 g/mol. The summed E-state index contributed by atoms with van der Waals surface area (Å²) in [5.74, 6) is -0.391. The van der Waals surface area contributed by atoms with Crippen LogP contribution in [0.2, 0.25) is 0 Å². The molecule has 0 atom stereocenters. The molecular weight excluding hydrogens is 297 g/mol. The predicted octanol–water partition coefficient (Wildman–Crippen LogP) is 4.48. The number of carbonyl (C=O) groups is 1. The minimum Gasteiger partial charge on any atom is -0.347 e. The molecule has 0 aliphatic carbocycles. The normalized spacial score (nSPS) is 10.4. The molecule has 110 valence electrons. The van der Waals surface area contributed by atoms with Gasteiger partial charge in [0.2, 0.25) is 0 Å². The average Bonchev–Trinajstić information content (AvgIpc) is 3.04. The van der Waals surface area contributed by atoms with E-state index in [1.807, 2.05) is 41.8 Å². The van der Waals surface area contributed by atoms with Crippen molar-refractivity contribution < 1.29 is 9.18 Å². The Bertz CT molecular complexity index is 765. The van der Waals surface area contributed by atoms with Gasteiger partial charge in [-0.3, -0.25) is 4.79 Å². The maximum absolute atomic E-state index is 12.9. The summed E-state index contributed by atoms with van der Waals surface area (Å²) in [4.78, 5) is 13.1. The van der Waals surface area contributed by atoms with E-state index in [-0.39, 0.29) is 11.7 Å². The van der Waals surface area contributed by atoms with Gasteiger partial charge in [0.1, 0.15) is 5.82 Å². The second-order valence-corrected chi connectivity index (χ2v) is 5.75. The van der Waals surface area contributed by atoms with Gasteiger partial charge in [0, 0.05) is 12.1 Å². The number of hydrogen-bond donors (Lipinski definition) is 1. The van der Waals surface area contributed by atoms with Crippen molar-refractivity contribution in [1.82, 2.24) is 5.32 Å². The summed E-state index contributed by atoms with van der Waals surface area (Å²) in [5, 5.41) is 4.79. The lowest BCUT2D eigenvalue weighted by Gasteiger charge is -2.06. The van der Waals surface area contributed by atoms with Crippen LogP contribution < -0.4 is 5.32 Å². The van der Waals surface area contributed by atoms with Crippen molar-refractivity contribution >= 4 is 17.2 Å². The third-order valence-corrected chi connectivity index (χ3v) is 4.24. The monoisotopic (exact) mass is 311 g/mol. The standard InChI is InChI=1S/C18H14FNOS/c19-15-8-6-13(7-9-15)12-20-18(21)17-16(10-11-22-17)14-4-2-1-3-5-14/h1-11H,12H2,(H,20,21). The molecule has 22 heavy (non-hydrogen) atoms. The van der Waals surface area contributed by atoms with Crippen molar-refractivity contribution in [3.05, 3.63) is 82.3 Å². The molecule has 3 rings (SSSR count). The zero-order valence-electron chi connectivity index (χ0n) is 11.8. The molecule has 2 nitrogen and oxygen atoms in total. The van der Waals surface area contributed by atoms with Gasteiger partial charge in [-0.15, -0.1) is 11.3 Å². The van der Waals surface area contributed by atoms with E-state index in [1.165, 1.54) is 23.5 Å². The van der Waals surface area contributed by atoms with E-state index in [4.69, 9.17) is 0 Å². The molecule has 3 aromatic rings. The summed E-state index contributed by atoms with van der Waals surface area (Å²) in [6, 6.07) is 17.9. The van der Waals surface area contributed by atoms with Crippen LogP contribution in [0.15, 0.2) is 66.0 Å². The van der Waals surface area contributed by atoms with E-state index in [0.717, 1.165) is 16.7 Å². The summed E-state index contributed by atoms with van der Waals surface area (Å²) in [5.41, 5.74) is 2.82. The second kappa shape index (κ2) is 6.54. The number of carbonyl (C=O) groups excluding carboxylic acids is 1. The lowest BCUT2D eigenvalue weighted by molar-refractivity contribution is 0.0955. The number of amides is 1. The fourth-order valence-electron chi connectivity index (χ4n) is 2.20. The second-order valence-electron chi connectivity index (χ2n) is 4.84. The maximum atomic E-state index is 12.9. The van der Waals surface area contributed by atoms with Gasteiger partial charge in [0.15, 0.2) is 0 Å². The third-order valence-electron chi connectivity index (χ3n) is 3.32. The molecule has 2 aromatic carbocycles. The van der Waals surface area contributed by atoms with Gasteiger partial charge in [0.25, 0.3) is 5.91 Å². The maximum Gasteiger partial charge on any atom is 0.262 e. The highest BCUT2D eigenvalue weighted by molar-refractivity contribution is 7.12. The largest absolute Gasteiger partial charge is 0.347 e. The van der Waals surface area contributed by atoms with E-state index in [0.29, 0.717) is 11.4 Å². The molecule has 0 aliphatic rings. The molecular formula is C18H14FNOS. The SMILES string of the molecule is O=C(NCc1ccc(F)cc1)c1sccc1-c1ccccc1. The summed E-state index contributed by atoms with van der Waals surface area (Å²) < 4.78 is 12.9. The molecule has 1 N–H and O–H groups in total. The van der Waals surface area contributed by atoms with Gasteiger partial charge in [0.05, 0.1) is 4.88 Å². The smallest absolute Gasteiger partial charge is 0.262 e. The van der Waals surface area contributed by atoms with E-state index >= 15 is 0 Å². The Morgan fingerprint density at radius 3 is 2.45 bits per heavy atom. The number of rotatable bonds is 4. The number of nitrogens with one attached hydrogen (secondary N) is 1.